The summed E-state index contributed by atoms with van der Waals surface area (Å²) in [6, 6.07) is 7.91. The van der Waals surface area contributed by atoms with Crippen LogP contribution in [-0.2, 0) is 18.0 Å². The van der Waals surface area contributed by atoms with Gasteiger partial charge in [-0.1, -0.05) is 0 Å². The number of carbonyl (C=O) groups is 1. The highest BCUT2D eigenvalue weighted by Gasteiger charge is 2.26. The number of aromatic nitrogens is 5. The summed E-state index contributed by atoms with van der Waals surface area (Å²) >= 11 is 0. The van der Waals surface area contributed by atoms with Crippen molar-refractivity contribution in [2.45, 2.75) is 32.1 Å². The lowest BCUT2D eigenvalue weighted by atomic mass is 10.1. The van der Waals surface area contributed by atoms with Gasteiger partial charge in [-0.2, -0.15) is 5.10 Å². The molecule has 6 rings (SSSR count). The van der Waals surface area contributed by atoms with Crippen LogP contribution in [0.5, 0.6) is 5.75 Å². The highest BCUT2D eigenvalue weighted by atomic mass is 19.1. The van der Waals surface area contributed by atoms with Gasteiger partial charge in [-0.3, -0.25) is 4.79 Å². The van der Waals surface area contributed by atoms with Gasteiger partial charge in [0, 0.05) is 29.4 Å². The van der Waals surface area contributed by atoms with Crippen LogP contribution in [-0.4, -0.2) is 44.7 Å². The van der Waals surface area contributed by atoms with Gasteiger partial charge in [-0.25, -0.2) is 24.0 Å². The Balaban J connectivity index is 1.49. The Morgan fingerprint density at radius 2 is 2.05 bits per heavy atom. The summed E-state index contributed by atoms with van der Waals surface area (Å²) < 4.78 is 50.3. The first-order valence-electron chi connectivity index (χ1n) is 13.4. The molecule has 38 heavy (non-hydrogen) atoms. The molecule has 0 unspecified atom stereocenters. The molecule has 1 aliphatic heterocycles. The van der Waals surface area contributed by atoms with Crippen LogP contribution in [0.1, 0.15) is 44.6 Å². The van der Waals surface area contributed by atoms with E-state index in [2.05, 4.69) is 30.7 Å². The van der Waals surface area contributed by atoms with Crippen LogP contribution < -0.4 is 20.7 Å². The first-order chi connectivity index (χ1) is 19.6. The number of halogens is 1. The summed E-state index contributed by atoms with van der Waals surface area (Å²) in [7, 11) is 1.50. The zero-order chi connectivity index (χ0) is 28.7. The first-order valence-corrected chi connectivity index (χ1v) is 11.9. The predicted octanol–water partition coefficient (Wildman–Crippen LogP) is 4.09. The molecule has 12 heteroatoms. The molecule has 0 saturated heterocycles. The van der Waals surface area contributed by atoms with Gasteiger partial charge >= 0.3 is 0 Å². The molecule has 6 bridgehead atoms. The lowest BCUT2D eigenvalue weighted by Crippen LogP contribution is -2.20. The average molecular weight is 520 g/mol. The molecule has 4 heterocycles. The van der Waals surface area contributed by atoms with E-state index in [-0.39, 0.29) is 36.1 Å². The molecule has 3 aromatic heterocycles. The highest BCUT2D eigenvalue weighted by Crippen LogP contribution is 2.40. The average Bonchev–Trinajstić information content (AvgIpc) is 3.63. The van der Waals surface area contributed by atoms with Crippen molar-refractivity contribution in [3.63, 3.8) is 0 Å². The number of nitrogens with one attached hydrogen (secondary N) is 3. The van der Waals surface area contributed by atoms with E-state index in [9.17, 15) is 9.18 Å². The van der Waals surface area contributed by atoms with Crippen molar-refractivity contribution >= 4 is 28.9 Å². The third-order valence-electron chi connectivity index (χ3n) is 6.17. The van der Waals surface area contributed by atoms with Gasteiger partial charge in [0.15, 0.2) is 11.6 Å². The SMILES string of the molecule is [2H]C([2H])([2H])NC(=O)c1cnc2cc1Nc1cc(cc(-c3ncn(C4CC4)n3)c1OC)COCc1cc(F)cc(n1)N2. The number of amides is 1. The second-order valence-electron chi connectivity index (χ2n) is 8.98. The van der Waals surface area contributed by atoms with Crippen molar-refractivity contribution in [2.75, 3.05) is 24.7 Å². The van der Waals surface area contributed by atoms with E-state index in [4.69, 9.17) is 13.6 Å². The largest absolute Gasteiger partial charge is 0.494 e. The van der Waals surface area contributed by atoms with E-state index in [0.717, 1.165) is 12.8 Å². The van der Waals surface area contributed by atoms with Crippen molar-refractivity contribution < 1.29 is 22.8 Å². The van der Waals surface area contributed by atoms with Gasteiger partial charge in [0.05, 0.1) is 54.6 Å². The Bertz CT molecular complexity index is 1640. The van der Waals surface area contributed by atoms with Crippen LogP contribution in [0.4, 0.5) is 27.4 Å². The molecule has 0 spiro atoms. The molecule has 1 aromatic carbocycles. The summed E-state index contributed by atoms with van der Waals surface area (Å²) in [6.45, 7) is -2.56. The fraction of sp³-hybridized carbons (Fsp3) is 0.269. The van der Waals surface area contributed by atoms with E-state index in [1.54, 1.807) is 12.4 Å². The van der Waals surface area contributed by atoms with Gasteiger partial charge in [0.1, 0.15) is 23.8 Å². The molecular weight excluding hydrogens is 491 g/mol. The number of nitrogens with zero attached hydrogens (tertiary/aromatic N) is 5. The monoisotopic (exact) mass is 519 g/mol. The van der Waals surface area contributed by atoms with Gasteiger partial charge < -0.3 is 25.4 Å². The third-order valence-corrected chi connectivity index (χ3v) is 6.17. The smallest absolute Gasteiger partial charge is 0.254 e. The number of hydrogen-bond acceptors (Lipinski definition) is 9. The predicted molar refractivity (Wildman–Crippen MR) is 137 cm³/mol. The lowest BCUT2D eigenvalue weighted by molar-refractivity contribution is 0.0963. The first kappa shape index (κ1) is 20.5. The van der Waals surface area contributed by atoms with Gasteiger partial charge in [0.25, 0.3) is 5.91 Å². The minimum Gasteiger partial charge on any atom is -0.494 e. The fourth-order valence-electron chi connectivity index (χ4n) is 4.28. The Labute approximate surface area is 221 Å². The van der Waals surface area contributed by atoms with Crippen LogP contribution >= 0.6 is 0 Å². The molecule has 1 amide bonds. The van der Waals surface area contributed by atoms with Crippen molar-refractivity contribution in [2.24, 2.45) is 0 Å². The van der Waals surface area contributed by atoms with E-state index in [0.29, 0.717) is 40.1 Å². The number of hydrogen-bond donors (Lipinski definition) is 3. The summed E-state index contributed by atoms with van der Waals surface area (Å²) in [6.07, 6.45) is 4.98. The van der Waals surface area contributed by atoms with Crippen LogP contribution in [0.3, 0.4) is 0 Å². The number of carbonyl (C=O) groups excluding carboxylic acids is 1. The minimum atomic E-state index is -2.72. The molecule has 2 aliphatic rings. The van der Waals surface area contributed by atoms with Gasteiger partial charge in [0.2, 0.25) is 0 Å². The summed E-state index contributed by atoms with van der Waals surface area (Å²) in [5.74, 6) is -0.158. The molecule has 3 N–H and O–H groups in total. The van der Waals surface area contributed by atoms with Crippen LogP contribution in [0.2, 0.25) is 0 Å². The van der Waals surface area contributed by atoms with Gasteiger partial charge in [-0.05, 0) is 36.6 Å². The molecule has 0 atom stereocenters. The number of ether oxygens (including phenoxy) is 2. The van der Waals surface area contributed by atoms with Crippen molar-refractivity contribution in [1.29, 1.82) is 0 Å². The Morgan fingerprint density at radius 1 is 1.16 bits per heavy atom. The Kier molecular flexibility index (Phi) is 5.23. The number of anilines is 4. The van der Waals surface area contributed by atoms with E-state index in [1.165, 1.54) is 31.5 Å². The van der Waals surface area contributed by atoms with Crippen molar-refractivity contribution in [1.82, 2.24) is 30.0 Å². The molecule has 194 valence electrons. The molecule has 1 aliphatic carbocycles. The Hall–Kier alpha value is -4.58. The number of benzene rings is 1. The molecule has 1 fully saturated rings. The summed E-state index contributed by atoms with van der Waals surface area (Å²) in [5, 5.41) is 12.8. The maximum atomic E-state index is 14.4. The van der Waals surface area contributed by atoms with Crippen LogP contribution in [0.15, 0.2) is 42.9 Å². The van der Waals surface area contributed by atoms with Gasteiger partial charge in [-0.15, -0.1) is 0 Å². The molecule has 4 aromatic rings. The number of fused-ring (bicyclic) bond motifs is 6. The summed E-state index contributed by atoms with van der Waals surface area (Å²) in [4.78, 5) is 26.1. The molecule has 0 radical (unpaired) electrons. The van der Waals surface area contributed by atoms with Crippen LogP contribution in [0, 0.1) is 5.82 Å². The quantitative estimate of drug-likeness (QED) is 0.365. The van der Waals surface area contributed by atoms with E-state index < -0.39 is 18.7 Å². The third kappa shape index (κ3) is 4.73. The maximum absolute atomic E-state index is 14.4. The van der Waals surface area contributed by atoms with Crippen molar-refractivity contribution in [3.8, 4) is 17.1 Å². The highest BCUT2D eigenvalue weighted by molar-refractivity contribution is 6.00. The second kappa shape index (κ2) is 9.71. The molecule has 11 nitrogen and oxygen atoms in total. The topological polar surface area (TPSA) is 128 Å². The fourth-order valence-corrected chi connectivity index (χ4v) is 4.28. The number of methoxy groups -OCH3 is 1. The summed E-state index contributed by atoms with van der Waals surface area (Å²) in [5.41, 5.74) is 2.25. The van der Waals surface area contributed by atoms with Crippen LogP contribution in [0.25, 0.3) is 11.4 Å². The van der Waals surface area contributed by atoms with E-state index >= 15 is 0 Å². The zero-order valence-corrected chi connectivity index (χ0v) is 20.3. The number of rotatable bonds is 4. The minimum absolute atomic E-state index is 0.0397. The number of pyridine rings is 2. The maximum Gasteiger partial charge on any atom is 0.254 e. The second-order valence-corrected chi connectivity index (χ2v) is 8.98. The lowest BCUT2D eigenvalue weighted by Gasteiger charge is -2.19. The van der Waals surface area contributed by atoms with E-state index in [1.807, 2.05) is 16.1 Å². The normalized spacial score (nSPS) is 16.1. The zero-order valence-electron chi connectivity index (χ0n) is 23.3. The standard InChI is InChI=1S/C26H25FN8O3/c1-28-26(36)19-10-29-22-9-20(19)32-21-6-14(11-38-12-16-7-15(27)8-23(31-16)33-22)5-18(24(21)37-2)25-30-13-35(34-25)17-3-4-17/h5-10,13,17,32H,3-4,11-12H2,1-2H3,(H,28,36)(H,29,31,33)/i1D3. The van der Waals surface area contributed by atoms with Crippen molar-refractivity contribution in [3.05, 3.63) is 65.5 Å². The molecular formula is C26H25FN8O3. The molecule has 1 saturated carbocycles. The Morgan fingerprint density at radius 3 is 2.87 bits per heavy atom.